The van der Waals surface area contributed by atoms with Gasteiger partial charge in [-0.1, -0.05) is 32.6 Å². The van der Waals surface area contributed by atoms with Crippen LogP contribution in [0.3, 0.4) is 0 Å². The highest BCUT2D eigenvalue weighted by Crippen LogP contribution is 2.34. The number of nitrogens with zero attached hydrogens (tertiary/aromatic N) is 4. The lowest BCUT2D eigenvalue weighted by Gasteiger charge is -2.43. The van der Waals surface area contributed by atoms with E-state index in [9.17, 15) is 4.79 Å². The van der Waals surface area contributed by atoms with Crippen molar-refractivity contribution < 1.29 is 9.53 Å². The summed E-state index contributed by atoms with van der Waals surface area (Å²) in [4.78, 5) is 22.9. The van der Waals surface area contributed by atoms with Crippen LogP contribution in [0.15, 0.2) is 6.20 Å². The molecule has 1 aliphatic carbocycles. The van der Waals surface area contributed by atoms with Gasteiger partial charge in [-0.05, 0) is 25.7 Å². The number of carbonyl (C=O) groups is 1. The minimum Gasteiger partial charge on any atom is -0.383 e. The summed E-state index contributed by atoms with van der Waals surface area (Å²) in [5.74, 6) is 2.43. The Kier molecular flexibility index (Phi) is 7.47. The van der Waals surface area contributed by atoms with Crippen LogP contribution in [0.25, 0.3) is 0 Å². The van der Waals surface area contributed by atoms with E-state index in [2.05, 4.69) is 27.5 Å². The molecule has 2 fully saturated rings. The second kappa shape index (κ2) is 10.3. The van der Waals surface area contributed by atoms with Crippen LogP contribution in [-0.2, 0) is 22.5 Å². The number of piperazine rings is 1. The van der Waals surface area contributed by atoms with Crippen LogP contribution in [0.1, 0.15) is 75.7 Å². The number of hydrogen-bond acceptors (Lipinski definition) is 4. The normalized spacial score (nSPS) is 26.0. The van der Waals surface area contributed by atoms with E-state index in [1.165, 1.54) is 43.6 Å². The first-order valence-corrected chi connectivity index (χ1v) is 12.3. The van der Waals surface area contributed by atoms with Crippen LogP contribution in [0.4, 0.5) is 0 Å². The van der Waals surface area contributed by atoms with E-state index in [1.54, 1.807) is 7.11 Å². The van der Waals surface area contributed by atoms with E-state index >= 15 is 0 Å². The first kappa shape index (κ1) is 21.8. The molecule has 0 spiro atoms. The highest BCUT2D eigenvalue weighted by molar-refractivity contribution is 5.79. The lowest BCUT2D eigenvalue weighted by molar-refractivity contribution is -0.139. The summed E-state index contributed by atoms with van der Waals surface area (Å²) in [7, 11) is 1.77. The molecule has 0 aromatic carbocycles. The average Bonchev–Trinajstić information content (AvgIpc) is 3.22. The predicted octanol–water partition coefficient (Wildman–Crippen LogP) is 3.45. The molecule has 1 amide bonds. The lowest BCUT2D eigenvalue weighted by atomic mass is 9.88. The van der Waals surface area contributed by atoms with Gasteiger partial charge in [0.05, 0.1) is 6.61 Å². The Labute approximate surface area is 182 Å². The van der Waals surface area contributed by atoms with E-state index in [0.717, 1.165) is 65.0 Å². The van der Waals surface area contributed by atoms with Crippen LogP contribution in [0, 0.1) is 5.92 Å². The summed E-state index contributed by atoms with van der Waals surface area (Å²) in [6, 6.07) is 0.467. The van der Waals surface area contributed by atoms with Crippen molar-refractivity contribution in [1.82, 2.24) is 19.4 Å². The van der Waals surface area contributed by atoms with E-state index in [-0.39, 0.29) is 5.92 Å². The van der Waals surface area contributed by atoms with Gasteiger partial charge in [-0.15, -0.1) is 0 Å². The van der Waals surface area contributed by atoms with Crippen molar-refractivity contribution in [2.24, 2.45) is 5.92 Å². The van der Waals surface area contributed by atoms with E-state index in [4.69, 9.17) is 9.72 Å². The Balaban J connectivity index is 1.37. The van der Waals surface area contributed by atoms with Gasteiger partial charge >= 0.3 is 0 Å². The first-order chi connectivity index (χ1) is 14.7. The van der Waals surface area contributed by atoms with Crippen LogP contribution in [0.5, 0.6) is 0 Å². The fourth-order valence-corrected chi connectivity index (χ4v) is 5.85. The summed E-state index contributed by atoms with van der Waals surface area (Å²) in [6.07, 6.45) is 12.8. The molecule has 4 rings (SSSR count). The maximum absolute atomic E-state index is 13.4. The van der Waals surface area contributed by atoms with Crippen molar-refractivity contribution in [3.8, 4) is 0 Å². The standard InChI is InChI=1S/C24H40N4O2/c1-3-7-21-18-27(13-12-26(21)14-15-30-2)24(29)20-10-11-28-22(16-20)17-25-23(28)19-8-5-4-6-9-19/h17,19-21H,3-16,18H2,1-2H3/t20-,21-/m0/s1. The molecule has 1 saturated carbocycles. The molecule has 2 aliphatic heterocycles. The maximum atomic E-state index is 13.4. The molecule has 0 bridgehead atoms. The second-order valence-electron chi connectivity index (χ2n) is 9.54. The minimum atomic E-state index is 0.126. The van der Waals surface area contributed by atoms with Crippen molar-refractivity contribution in [3.63, 3.8) is 0 Å². The third-order valence-electron chi connectivity index (χ3n) is 7.57. The SMILES string of the molecule is CCC[C@H]1CN(C(=O)[C@H]2CCn3c(cnc3C3CCCCC3)C2)CCN1CCOC. The Morgan fingerprint density at radius 2 is 2.00 bits per heavy atom. The van der Waals surface area contributed by atoms with Crippen molar-refractivity contribution in [1.29, 1.82) is 0 Å². The molecule has 1 aromatic rings. The van der Waals surface area contributed by atoms with Crippen molar-refractivity contribution in [2.75, 3.05) is 39.9 Å². The lowest BCUT2D eigenvalue weighted by Crippen LogP contribution is -2.56. The third-order valence-corrected chi connectivity index (χ3v) is 7.57. The van der Waals surface area contributed by atoms with Gasteiger partial charge in [0.25, 0.3) is 0 Å². The van der Waals surface area contributed by atoms with Gasteiger partial charge in [-0.2, -0.15) is 0 Å². The summed E-state index contributed by atoms with van der Waals surface area (Å²) >= 11 is 0. The van der Waals surface area contributed by atoms with E-state index < -0.39 is 0 Å². The van der Waals surface area contributed by atoms with Crippen LogP contribution in [0.2, 0.25) is 0 Å². The maximum Gasteiger partial charge on any atom is 0.226 e. The number of ether oxygens (including phenoxy) is 1. The molecular weight excluding hydrogens is 376 g/mol. The molecular formula is C24H40N4O2. The molecule has 6 heteroatoms. The Hall–Kier alpha value is -1.40. The zero-order valence-electron chi connectivity index (χ0n) is 19.0. The van der Waals surface area contributed by atoms with Crippen molar-refractivity contribution in [2.45, 2.75) is 83.2 Å². The summed E-state index contributed by atoms with van der Waals surface area (Å²) < 4.78 is 7.74. The highest BCUT2D eigenvalue weighted by atomic mass is 16.5. The predicted molar refractivity (Wildman–Crippen MR) is 119 cm³/mol. The molecule has 3 heterocycles. The molecule has 30 heavy (non-hydrogen) atoms. The highest BCUT2D eigenvalue weighted by Gasteiger charge is 2.35. The van der Waals surface area contributed by atoms with Gasteiger partial charge in [0.2, 0.25) is 5.91 Å². The monoisotopic (exact) mass is 416 g/mol. The fraction of sp³-hybridized carbons (Fsp3) is 0.833. The van der Waals surface area contributed by atoms with Gasteiger partial charge in [0.15, 0.2) is 0 Å². The third kappa shape index (κ3) is 4.75. The van der Waals surface area contributed by atoms with Crippen molar-refractivity contribution in [3.05, 3.63) is 17.7 Å². The number of carbonyl (C=O) groups excluding carboxylic acids is 1. The van der Waals surface area contributed by atoms with E-state index in [0.29, 0.717) is 17.9 Å². The van der Waals surface area contributed by atoms with E-state index in [1.807, 2.05) is 0 Å². The Morgan fingerprint density at radius 1 is 1.17 bits per heavy atom. The zero-order chi connectivity index (χ0) is 20.9. The molecule has 0 radical (unpaired) electrons. The van der Waals surface area contributed by atoms with Gasteiger partial charge in [-0.25, -0.2) is 4.98 Å². The molecule has 168 valence electrons. The number of hydrogen-bond donors (Lipinski definition) is 0. The van der Waals surface area contributed by atoms with Gasteiger partial charge in [0, 0.05) is 76.0 Å². The number of fused-ring (bicyclic) bond motifs is 1. The number of rotatable bonds is 7. The van der Waals surface area contributed by atoms with Crippen LogP contribution in [-0.4, -0.2) is 71.2 Å². The van der Waals surface area contributed by atoms with Crippen molar-refractivity contribution >= 4 is 5.91 Å². The first-order valence-electron chi connectivity index (χ1n) is 12.3. The molecule has 6 nitrogen and oxygen atoms in total. The molecule has 0 unspecified atom stereocenters. The van der Waals surface area contributed by atoms with Gasteiger partial charge < -0.3 is 14.2 Å². The minimum absolute atomic E-state index is 0.126. The fourth-order valence-electron chi connectivity index (χ4n) is 5.85. The smallest absolute Gasteiger partial charge is 0.226 e. The quantitative estimate of drug-likeness (QED) is 0.683. The summed E-state index contributed by atoms with van der Waals surface area (Å²) in [5, 5.41) is 0. The second-order valence-corrected chi connectivity index (χ2v) is 9.54. The summed E-state index contributed by atoms with van der Waals surface area (Å²) in [6.45, 7) is 7.63. The molecule has 3 aliphatic rings. The van der Waals surface area contributed by atoms with Gasteiger partial charge in [-0.3, -0.25) is 9.69 Å². The van der Waals surface area contributed by atoms with Crippen LogP contribution < -0.4 is 0 Å². The summed E-state index contributed by atoms with van der Waals surface area (Å²) in [5.41, 5.74) is 1.28. The number of amides is 1. The molecule has 0 N–H and O–H groups in total. The van der Waals surface area contributed by atoms with Gasteiger partial charge in [0.1, 0.15) is 5.82 Å². The Morgan fingerprint density at radius 3 is 2.77 bits per heavy atom. The number of methoxy groups -OCH3 is 1. The molecule has 2 atom stereocenters. The number of imidazole rings is 1. The van der Waals surface area contributed by atoms with Crippen LogP contribution >= 0.6 is 0 Å². The zero-order valence-corrected chi connectivity index (χ0v) is 19.0. The number of aromatic nitrogens is 2. The largest absolute Gasteiger partial charge is 0.383 e. The Bertz CT molecular complexity index is 697. The molecule has 1 saturated heterocycles. The molecule has 1 aromatic heterocycles. The average molecular weight is 417 g/mol. The topological polar surface area (TPSA) is 50.6 Å².